The van der Waals surface area contributed by atoms with Gasteiger partial charge in [-0.05, 0) is 43.5 Å². The van der Waals surface area contributed by atoms with Gasteiger partial charge < -0.3 is 10.1 Å². The number of nitrogens with one attached hydrogen (secondary N) is 1. The molecule has 2 heterocycles. The fourth-order valence-corrected chi connectivity index (χ4v) is 1.85. The summed E-state index contributed by atoms with van der Waals surface area (Å²) in [5.41, 5.74) is 1.35. The van der Waals surface area contributed by atoms with Crippen molar-refractivity contribution in [3.8, 4) is 0 Å². The molecule has 1 aromatic rings. The van der Waals surface area contributed by atoms with Crippen molar-refractivity contribution in [3.05, 3.63) is 30.1 Å². The standard InChI is InChI=1S/C12H18N2O/c1(2-11-3-6-13-7-4-11)9-15-12-5-8-14-10-12/h3-4,6-7,12,14H,1-2,5,8-10H2. The number of hydrogen-bond acceptors (Lipinski definition) is 3. The fourth-order valence-electron chi connectivity index (χ4n) is 1.85. The monoisotopic (exact) mass is 206 g/mol. The normalized spacial score (nSPS) is 20.7. The summed E-state index contributed by atoms with van der Waals surface area (Å²) in [7, 11) is 0. The highest BCUT2D eigenvalue weighted by molar-refractivity contribution is 5.09. The van der Waals surface area contributed by atoms with Crippen molar-refractivity contribution in [2.75, 3.05) is 19.7 Å². The molecule has 1 unspecified atom stereocenters. The third-order valence-corrected chi connectivity index (χ3v) is 2.73. The molecule has 1 aliphatic heterocycles. The number of nitrogens with zero attached hydrogens (tertiary/aromatic N) is 1. The second-order valence-corrected chi connectivity index (χ2v) is 3.94. The molecule has 3 heteroatoms. The molecule has 0 bridgehead atoms. The van der Waals surface area contributed by atoms with Crippen molar-refractivity contribution >= 4 is 0 Å². The lowest BCUT2D eigenvalue weighted by molar-refractivity contribution is 0.0655. The number of aromatic nitrogens is 1. The first-order valence-corrected chi connectivity index (χ1v) is 5.66. The SMILES string of the molecule is c1cc(CCCOC2CCNC2)ccn1. The molecule has 1 aromatic heterocycles. The lowest BCUT2D eigenvalue weighted by Gasteiger charge is -2.09. The molecule has 1 saturated heterocycles. The summed E-state index contributed by atoms with van der Waals surface area (Å²) >= 11 is 0. The minimum Gasteiger partial charge on any atom is -0.377 e. The van der Waals surface area contributed by atoms with Crippen LogP contribution in [0.15, 0.2) is 24.5 Å². The highest BCUT2D eigenvalue weighted by atomic mass is 16.5. The summed E-state index contributed by atoms with van der Waals surface area (Å²) in [4.78, 5) is 4.00. The van der Waals surface area contributed by atoms with Gasteiger partial charge in [-0.1, -0.05) is 0 Å². The molecule has 1 atom stereocenters. The predicted octanol–water partition coefficient (Wildman–Crippen LogP) is 1.39. The van der Waals surface area contributed by atoms with E-state index in [1.165, 1.54) is 5.56 Å². The third-order valence-electron chi connectivity index (χ3n) is 2.73. The first-order chi connectivity index (χ1) is 7.45. The Labute approximate surface area is 90.9 Å². The molecule has 1 fully saturated rings. The molecule has 1 N–H and O–H groups in total. The van der Waals surface area contributed by atoms with Crippen molar-refractivity contribution in [2.24, 2.45) is 0 Å². The maximum absolute atomic E-state index is 5.75. The zero-order valence-corrected chi connectivity index (χ0v) is 8.98. The molecular weight excluding hydrogens is 188 g/mol. The molecular formula is C12H18N2O. The molecule has 0 spiro atoms. The van der Waals surface area contributed by atoms with E-state index in [1.54, 1.807) is 0 Å². The van der Waals surface area contributed by atoms with Crippen LogP contribution < -0.4 is 5.32 Å². The van der Waals surface area contributed by atoms with Gasteiger partial charge in [0.1, 0.15) is 0 Å². The Hall–Kier alpha value is -0.930. The van der Waals surface area contributed by atoms with Gasteiger partial charge in [0.05, 0.1) is 6.10 Å². The van der Waals surface area contributed by atoms with E-state index in [0.29, 0.717) is 6.10 Å². The zero-order valence-electron chi connectivity index (χ0n) is 8.98. The number of aryl methyl sites for hydroxylation is 1. The Morgan fingerprint density at radius 2 is 2.27 bits per heavy atom. The molecule has 0 radical (unpaired) electrons. The predicted molar refractivity (Wildman–Crippen MR) is 59.8 cm³/mol. The van der Waals surface area contributed by atoms with E-state index in [1.807, 2.05) is 12.4 Å². The second-order valence-electron chi connectivity index (χ2n) is 3.94. The molecule has 1 aliphatic rings. The van der Waals surface area contributed by atoms with Crippen LogP contribution in [0.2, 0.25) is 0 Å². The Bertz CT molecular complexity index is 270. The molecule has 0 aromatic carbocycles. The van der Waals surface area contributed by atoms with Crippen molar-refractivity contribution in [1.29, 1.82) is 0 Å². The van der Waals surface area contributed by atoms with Crippen molar-refractivity contribution < 1.29 is 4.74 Å². The van der Waals surface area contributed by atoms with Crippen LogP contribution in [0.25, 0.3) is 0 Å². The van der Waals surface area contributed by atoms with Crippen LogP contribution in [0.5, 0.6) is 0 Å². The van der Waals surface area contributed by atoms with Crippen molar-refractivity contribution in [1.82, 2.24) is 10.3 Å². The van der Waals surface area contributed by atoms with Crippen LogP contribution in [0.1, 0.15) is 18.4 Å². The number of hydrogen-bond donors (Lipinski definition) is 1. The number of ether oxygens (including phenoxy) is 1. The molecule has 0 aliphatic carbocycles. The average Bonchev–Trinajstić information content (AvgIpc) is 2.79. The van der Waals surface area contributed by atoms with E-state index >= 15 is 0 Å². The van der Waals surface area contributed by atoms with Crippen LogP contribution in [0.3, 0.4) is 0 Å². The van der Waals surface area contributed by atoms with Gasteiger partial charge in [0, 0.05) is 25.5 Å². The minimum atomic E-state index is 0.447. The van der Waals surface area contributed by atoms with Crippen LogP contribution in [-0.2, 0) is 11.2 Å². The quantitative estimate of drug-likeness (QED) is 0.739. The third kappa shape index (κ3) is 3.61. The highest BCUT2D eigenvalue weighted by Crippen LogP contribution is 2.05. The molecule has 0 amide bonds. The minimum absolute atomic E-state index is 0.447. The summed E-state index contributed by atoms with van der Waals surface area (Å²) in [5.74, 6) is 0. The Morgan fingerprint density at radius 3 is 3.00 bits per heavy atom. The van der Waals surface area contributed by atoms with Crippen molar-refractivity contribution in [2.45, 2.75) is 25.4 Å². The maximum atomic E-state index is 5.75. The van der Waals surface area contributed by atoms with Crippen LogP contribution in [0, 0.1) is 0 Å². The average molecular weight is 206 g/mol. The Kier molecular flexibility index (Phi) is 4.11. The van der Waals surface area contributed by atoms with E-state index in [-0.39, 0.29) is 0 Å². The smallest absolute Gasteiger partial charge is 0.0711 e. The lowest BCUT2D eigenvalue weighted by Crippen LogP contribution is -2.17. The topological polar surface area (TPSA) is 34.1 Å². The molecule has 15 heavy (non-hydrogen) atoms. The number of pyridine rings is 1. The van der Waals surface area contributed by atoms with Gasteiger partial charge in [0.15, 0.2) is 0 Å². The van der Waals surface area contributed by atoms with Gasteiger partial charge in [-0.2, -0.15) is 0 Å². The van der Waals surface area contributed by atoms with Gasteiger partial charge in [-0.3, -0.25) is 4.98 Å². The summed E-state index contributed by atoms with van der Waals surface area (Å²) < 4.78 is 5.75. The van der Waals surface area contributed by atoms with E-state index in [0.717, 1.165) is 39.0 Å². The van der Waals surface area contributed by atoms with Gasteiger partial charge >= 0.3 is 0 Å². The van der Waals surface area contributed by atoms with Crippen molar-refractivity contribution in [3.63, 3.8) is 0 Å². The van der Waals surface area contributed by atoms with Gasteiger partial charge in [0.2, 0.25) is 0 Å². The largest absolute Gasteiger partial charge is 0.377 e. The van der Waals surface area contributed by atoms with E-state index in [4.69, 9.17) is 4.74 Å². The van der Waals surface area contributed by atoms with Crippen LogP contribution >= 0.6 is 0 Å². The highest BCUT2D eigenvalue weighted by Gasteiger charge is 2.13. The van der Waals surface area contributed by atoms with E-state index < -0.39 is 0 Å². The van der Waals surface area contributed by atoms with Crippen LogP contribution in [0.4, 0.5) is 0 Å². The van der Waals surface area contributed by atoms with Crippen LogP contribution in [-0.4, -0.2) is 30.8 Å². The Balaban J connectivity index is 1.59. The fraction of sp³-hybridized carbons (Fsp3) is 0.583. The molecule has 2 rings (SSSR count). The van der Waals surface area contributed by atoms with E-state index in [9.17, 15) is 0 Å². The first kappa shape index (κ1) is 10.6. The first-order valence-electron chi connectivity index (χ1n) is 5.66. The van der Waals surface area contributed by atoms with E-state index in [2.05, 4.69) is 22.4 Å². The second kappa shape index (κ2) is 5.83. The summed E-state index contributed by atoms with van der Waals surface area (Å²) in [6, 6.07) is 4.13. The maximum Gasteiger partial charge on any atom is 0.0711 e. The number of rotatable bonds is 5. The summed E-state index contributed by atoms with van der Waals surface area (Å²) in [6.45, 7) is 3.00. The summed E-state index contributed by atoms with van der Waals surface area (Å²) in [6.07, 6.45) is 7.48. The van der Waals surface area contributed by atoms with Gasteiger partial charge in [0.25, 0.3) is 0 Å². The molecule has 0 saturated carbocycles. The van der Waals surface area contributed by atoms with Gasteiger partial charge in [-0.25, -0.2) is 0 Å². The summed E-state index contributed by atoms with van der Waals surface area (Å²) in [5, 5.41) is 3.30. The molecule has 82 valence electrons. The Morgan fingerprint density at radius 1 is 1.40 bits per heavy atom. The lowest BCUT2D eigenvalue weighted by atomic mass is 10.1. The van der Waals surface area contributed by atoms with Gasteiger partial charge in [-0.15, -0.1) is 0 Å². The molecule has 3 nitrogen and oxygen atoms in total. The zero-order chi connectivity index (χ0) is 10.3.